The Balaban J connectivity index is 0.000000150. The molecule has 0 fully saturated rings. The Labute approximate surface area is 190 Å². The van der Waals surface area contributed by atoms with Gasteiger partial charge in [-0.05, 0) is 18.2 Å². The number of nitrogens with one attached hydrogen (secondary N) is 3. The fraction of sp³-hybridized carbons (Fsp3) is 0.0870. The average Bonchev–Trinajstić information content (AvgIpc) is 3.54. The average molecular weight is 442 g/mol. The van der Waals surface area contributed by atoms with Crippen LogP contribution in [0, 0.1) is 13.8 Å². The molecule has 31 heavy (non-hydrogen) atoms. The van der Waals surface area contributed by atoms with E-state index in [0.717, 1.165) is 16.8 Å². The first-order chi connectivity index (χ1) is 15.2. The van der Waals surface area contributed by atoms with E-state index in [4.69, 9.17) is 0 Å². The van der Waals surface area contributed by atoms with E-state index in [9.17, 15) is 0 Å². The van der Waals surface area contributed by atoms with Crippen LogP contribution < -0.4 is 24.5 Å². The molecule has 0 unspecified atom stereocenters. The smallest absolute Gasteiger partial charge is 0.286 e. The molecule has 3 N–H and O–H groups in total. The fourth-order valence-corrected chi connectivity index (χ4v) is 5.38. The van der Waals surface area contributed by atoms with E-state index in [1.54, 1.807) is 18.6 Å². The number of aromatic nitrogens is 6. The predicted molar refractivity (Wildman–Crippen MR) is 122 cm³/mol. The van der Waals surface area contributed by atoms with E-state index in [-0.39, 0.29) is 25.9 Å². The summed E-state index contributed by atoms with van der Waals surface area (Å²) in [4.78, 5) is 0. The van der Waals surface area contributed by atoms with Crippen molar-refractivity contribution in [2.45, 2.75) is 13.8 Å². The first kappa shape index (κ1) is 21.1. The molecule has 0 aliphatic carbocycles. The van der Waals surface area contributed by atoms with Crippen molar-refractivity contribution >= 4 is 31.2 Å². The summed E-state index contributed by atoms with van der Waals surface area (Å²) in [5.41, 5.74) is 5.44. The third-order valence-corrected chi connectivity index (χ3v) is 6.65. The van der Waals surface area contributed by atoms with Crippen molar-refractivity contribution in [2.24, 2.45) is 0 Å². The number of rotatable bonds is 5. The minimum Gasteiger partial charge on any atom is -0.286 e. The van der Waals surface area contributed by atoms with Crippen molar-refractivity contribution < 1.29 is 19.2 Å². The Bertz CT molecular complexity index is 1060. The van der Waals surface area contributed by atoms with Crippen LogP contribution in [0.1, 0.15) is 11.1 Å². The molecule has 5 aromatic rings. The second-order valence-corrected chi connectivity index (χ2v) is 9.49. The van der Waals surface area contributed by atoms with Crippen LogP contribution in [0.4, 0.5) is 0 Å². The van der Waals surface area contributed by atoms with Crippen molar-refractivity contribution in [2.75, 3.05) is 0 Å². The van der Waals surface area contributed by atoms with Crippen LogP contribution in [-0.4, -0.2) is 37.3 Å². The summed E-state index contributed by atoms with van der Waals surface area (Å²) in [5, 5.41) is 21.0. The van der Waals surface area contributed by atoms with Crippen LogP contribution in [0.5, 0.6) is 0 Å². The van der Waals surface area contributed by atoms with E-state index < -0.39 is 0 Å². The Morgan fingerprint density at radius 1 is 0.613 bits per heavy atom. The van der Waals surface area contributed by atoms with Crippen LogP contribution in [0.15, 0.2) is 85.3 Å². The van der Waals surface area contributed by atoms with Gasteiger partial charge in [0.2, 0.25) is 0 Å². The van der Waals surface area contributed by atoms with Gasteiger partial charge < -0.3 is 0 Å². The number of H-pyrrole nitrogens is 3. The molecule has 0 saturated heterocycles. The molecule has 0 radical (unpaired) electrons. The molecule has 3 aromatic heterocycles. The van der Waals surface area contributed by atoms with Crippen molar-refractivity contribution in [1.82, 2.24) is 30.6 Å². The van der Waals surface area contributed by atoms with Crippen LogP contribution in [0.2, 0.25) is 0 Å². The van der Waals surface area contributed by atoms with Gasteiger partial charge >= 0.3 is 107 Å². The third-order valence-electron chi connectivity index (χ3n) is 4.78. The minimum absolute atomic E-state index is 0.0382. The minimum atomic E-state index is -0.146. The van der Waals surface area contributed by atoms with E-state index in [1.807, 2.05) is 18.2 Å². The quantitative estimate of drug-likeness (QED) is 0.351. The van der Waals surface area contributed by atoms with Gasteiger partial charge in [0.15, 0.2) is 0 Å². The zero-order valence-electron chi connectivity index (χ0n) is 17.5. The summed E-state index contributed by atoms with van der Waals surface area (Å²) in [7, 11) is 0. The van der Waals surface area contributed by atoms with Gasteiger partial charge in [0, 0.05) is 35.4 Å². The molecule has 0 bridgehead atoms. The first-order valence-electron chi connectivity index (χ1n) is 10.1. The topological polar surface area (TPSA) is 86.0 Å². The zero-order valence-corrected chi connectivity index (χ0v) is 19.1. The molecular weight excluding hydrogens is 419 g/mol. The van der Waals surface area contributed by atoms with Crippen molar-refractivity contribution in [3.8, 4) is 0 Å². The second-order valence-electron chi connectivity index (χ2n) is 7.29. The normalized spacial score (nSPS) is 10.3. The Hall–Kier alpha value is -3.15. The van der Waals surface area contributed by atoms with Gasteiger partial charge in [-0.15, -0.1) is 0 Å². The molecule has 6 nitrogen and oxygen atoms in total. The van der Waals surface area contributed by atoms with Crippen LogP contribution >= 0.6 is 0 Å². The number of benzene rings is 2. The summed E-state index contributed by atoms with van der Waals surface area (Å²) in [6, 6.07) is 23.5. The third kappa shape index (κ3) is 5.72. The van der Waals surface area contributed by atoms with Crippen molar-refractivity contribution in [3.05, 3.63) is 96.4 Å². The van der Waals surface area contributed by atoms with E-state index in [1.165, 1.54) is 18.9 Å². The molecule has 8 heteroatoms. The number of aromatic amines is 3. The predicted octanol–water partition coefficient (Wildman–Crippen LogP) is 0.709. The fourth-order valence-electron chi connectivity index (χ4n) is 3.36. The summed E-state index contributed by atoms with van der Waals surface area (Å²) in [5.74, 6) is 0. The zero-order chi connectivity index (χ0) is 21.5. The Morgan fingerprint density at radius 3 is 1.35 bits per heavy atom. The molecule has 3 heterocycles. The van der Waals surface area contributed by atoms with E-state index in [0.29, 0.717) is 0 Å². The van der Waals surface area contributed by atoms with Gasteiger partial charge in [0.25, 0.3) is 0 Å². The maximum atomic E-state index is 4.20. The van der Waals surface area contributed by atoms with Crippen LogP contribution in [0.25, 0.3) is 0 Å². The van der Waals surface area contributed by atoms with Gasteiger partial charge in [-0.3, -0.25) is 15.3 Å². The largest absolute Gasteiger partial charge is 0.317 e. The van der Waals surface area contributed by atoms with Gasteiger partial charge in [0.1, 0.15) is 0 Å². The van der Waals surface area contributed by atoms with Crippen LogP contribution in [-0.2, 0) is 19.2 Å². The van der Waals surface area contributed by atoms with E-state index >= 15 is 0 Å². The van der Waals surface area contributed by atoms with Gasteiger partial charge in [-0.25, -0.2) is 0 Å². The molecule has 0 saturated carbocycles. The molecule has 0 amide bonds. The van der Waals surface area contributed by atoms with Crippen LogP contribution in [0.3, 0.4) is 0 Å². The number of hydrogen-bond acceptors (Lipinski definition) is 3. The Kier molecular flexibility index (Phi) is 6.97. The summed E-state index contributed by atoms with van der Waals surface area (Å²) >= 11 is -0.146. The molecular formula is C23H23BN6Ti. The first-order valence-corrected chi connectivity index (χ1v) is 11.6. The summed E-state index contributed by atoms with van der Waals surface area (Å²) in [6.07, 6.45) is 5.38. The molecule has 0 atom stereocenters. The number of nitrogens with zero attached hydrogens (tertiary/aromatic N) is 3. The number of hydrogen-bond donors (Lipinski definition) is 3. The summed E-state index contributed by atoms with van der Waals surface area (Å²) in [6.45, 7) is 4.28. The summed E-state index contributed by atoms with van der Waals surface area (Å²) < 4.78 is 3.03. The Morgan fingerprint density at radius 2 is 1.03 bits per heavy atom. The van der Waals surface area contributed by atoms with E-state index in [2.05, 4.69) is 93.0 Å². The molecule has 0 spiro atoms. The SMILES string of the molecule is Cc1ccc[c]([Ti][c]2cccc(C)c2)c1.c1cc(B(c2cc[nH]n2)c2cc[nH]n2)n[nH]1. The molecule has 0 aliphatic rings. The molecule has 2 aromatic carbocycles. The van der Waals surface area contributed by atoms with Gasteiger partial charge in [0.05, 0.1) is 0 Å². The van der Waals surface area contributed by atoms with Crippen molar-refractivity contribution in [3.63, 3.8) is 0 Å². The molecule has 5 rings (SSSR count). The number of aryl methyl sites for hydroxylation is 2. The monoisotopic (exact) mass is 442 g/mol. The maximum Gasteiger partial charge on any atom is 0.317 e. The van der Waals surface area contributed by atoms with Gasteiger partial charge in [-0.2, -0.15) is 15.3 Å². The standard InChI is InChI=1S/C9H9BN6.2C7H7.Ti/c1-4-11-14-7(1)10(8-2-5-12-15-8)9-3-6-13-16-9;2*1-7-5-3-2-4-6-7;/h1-6H,(H,11,14)(H,12,15)(H,13,16);2*2-3,5-6H,1H3;. The second kappa shape index (κ2) is 10.2. The molecule has 152 valence electrons. The maximum absolute atomic E-state index is 4.20. The van der Waals surface area contributed by atoms with Crippen molar-refractivity contribution in [1.29, 1.82) is 0 Å². The van der Waals surface area contributed by atoms with Gasteiger partial charge in [-0.1, -0.05) is 0 Å². The molecule has 0 aliphatic heterocycles.